The molecule has 6 rings (SSSR count). The predicted molar refractivity (Wildman–Crippen MR) is 157 cm³/mol. The molecule has 6 nitrogen and oxygen atoms in total. The van der Waals surface area contributed by atoms with Gasteiger partial charge in [-0.1, -0.05) is 56.8 Å². The molecule has 4 fully saturated rings. The van der Waals surface area contributed by atoms with E-state index < -0.39 is 28.7 Å². The molecule has 5 aliphatic carbocycles. The molecule has 0 spiro atoms. The minimum atomic E-state index is -1.29. The van der Waals surface area contributed by atoms with Crippen molar-refractivity contribution in [2.75, 3.05) is 18.8 Å². The normalized spacial score (nSPS) is 44.9. The van der Waals surface area contributed by atoms with E-state index >= 15 is 4.39 Å². The molecule has 1 saturated heterocycles. The molecule has 3 saturated carbocycles. The Morgan fingerprint density at radius 1 is 1.27 bits per heavy atom. The lowest BCUT2D eigenvalue weighted by Crippen LogP contribution is -2.63. The van der Waals surface area contributed by atoms with Gasteiger partial charge in [-0.2, -0.15) is 5.06 Å². The van der Waals surface area contributed by atoms with Crippen LogP contribution in [0, 0.1) is 34.5 Å². The number of hydroxylamine groups is 2. The van der Waals surface area contributed by atoms with E-state index in [0.29, 0.717) is 37.9 Å². The average molecular weight is 604 g/mol. The van der Waals surface area contributed by atoms with E-state index in [1.807, 2.05) is 31.1 Å². The fourth-order valence-electron chi connectivity index (χ4n) is 9.20. The number of aliphatic hydroxyl groups excluding tert-OH is 1. The third-order valence-electron chi connectivity index (χ3n) is 11.1. The zero-order valence-corrected chi connectivity index (χ0v) is 25.4. The van der Waals surface area contributed by atoms with Gasteiger partial charge >= 0.3 is 0 Å². The van der Waals surface area contributed by atoms with Gasteiger partial charge in [-0.25, -0.2) is 4.39 Å². The number of alkyl halides is 2. The third kappa shape index (κ3) is 4.50. The minimum Gasteiger partial charge on any atom is -0.393 e. The van der Waals surface area contributed by atoms with Crippen LogP contribution in [0.4, 0.5) is 4.39 Å². The third-order valence-corrected chi connectivity index (χ3v) is 12.4. The van der Waals surface area contributed by atoms with Crippen LogP contribution in [-0.4, -0.2) is 68.9 Å². The summed E-state index contributed by atoms with van der Waals surface area (Å²) in [6, 6.07) is 0. The molecule has 0 amide bonds. The molecule has 7 unspecified atom stereocenters. The monoisotopic (exact) mass is 603 g/mol. The second kappa shape index (κ2) is 10.5. The SMILES string of the molecule is CCC(=O)CSC(=O)[C@@]12ON(CC3=CCC(Cl)C=C3)C[C@@H]1CC1C3C[C@H](F)C4=CC(=O)C=CC4(C)C3C(O)CC12C. The Labute approximate surface area is 250 Å². The highest BCUT2D eigenvalue weighted by molar-refractivity contribution is 8.14. The predicted octanol–water partition coefficient (Wildman–Crippen LogP) is 5.16. The molecular formula is C32H39ClFNO5S. The van der Waals surface area contributed by atoms with Crippen molar-refractivity contribution in [1.82, 2.24) is 5.06 Å². The lowest BCUT2D eigenvalue weighted by atomic mass is 9.46. The van der Waals surface area contributed by atoms with Crippen LogP contribution < -0.4 is 0 Å². The highest BCUT2D eigenvalue weighted by Crippen LogP contribution is 2.71. The van der Waals surface area contributed by atoms with Gasteiger partial charge in [-0.3, -0.25) is 19.2 Å². The highest BCUT2D eigenvalue weighted by atomic mass is 35.5. The summed E-state index contributed by atoms with van der Waals surface area (Å²) in [7, 11) is 0. The van der Waals surface area contributed by atoms with Crippen molar-refractivity contribution < 1.29 is 28.7 Å². The van der Waals surface area contributed by atoms with Gasteiger partial charge in [0.05, 0.1) is 17.2 Å². The highest BCUT2D eigenvalue weighted by Gasteiger charge is 2.75. The number of aliphatic hydroxyl groups is 1. The maximum absolute atomic E-state index is 15.9. The van der Waals surface area contributed by atoms with Crippen LogP contribution in [0.2, 0.25) is 0 Å². The lowest BCUT2D eigenvalue weighted by Gasteiger charge is -2.60. The molecule has 10 atom stereocenters. The summed E-state index contributed by atoms with van der Waals surface area (Å²) in [5, 5.41) is 13.5. The number of hydrogen-bond donors (Lipinski definition) is 1. The molecule has 1 heterocycles. The number of carbonyl (C=O) groups excluding carboxylic acids is 3. The Morgan fingerprint density at radius 3 is 2.76 bits per heavy atom. The number of carbonyl (C=O) groups is 3. The molecule has 0 aromatic heterocycles. The fraction of sp³-hybridized carbons (Fsp3) is 0.656. The van der Waals surface area contributed by atoms with Crippen LogP contribution in [0.5, 0.6) is 0 Å². The van der Waals surface area contributed by atoms with Crippen molar-refractivity contribution >= 4 is 40.0 Å². The van der Waals surface area contributed by atoms with Crippen LogP contribution in [0.25, 0.3) is 0 Å². The van der Waals surface area contributed by atoms with Crippen molar-refractivity contribution in [3.05, 3.63) is 47.6 Å². The van der Waals surface area contributed by atoms with Gasteiger partial charge in [-0.15, -0.1) is 11.6 Å². The zero-order valence-electron chi connectivity index (χ0n) is 23.9. The number of ketones is 2. The van der Waals surface area contributed by atoms with E-state index in [2.05, 4.69) is 6.08 Å². The van der Waals surface area contributed by atoms with Gasteiger partial charge in [0.15, 0.2) is 11.4 Å². The topological polar surface area (TPSA) is 83.9 Å². The van der Waals surface area contributed by atoms with Gasteiger partial charge < -0.3 is 5.11 Å². The summed E-state index contributed by atoms with van der Waals surface area (Å²) in [6.45, 7) is 6.82. The summed E-state index contributed by atoms with van der Waals surface area (Å²) < 4.78 is 15.9. The van der Waals surface area contributed by atoms with Crippen LogP contribution in [-0.2, 0) is 19.2 Å². The first-order valence-corrected chi connectivity index (χ1v) is 16.3. The molecular weight excluding hydrogens is 565 g/mol. The Hall–Kier alpha value is -1.58. The Balaban J connectivity index is 1.35. The maximum Gasteiger partial charge on any atom is 0.224 e. The Kier molecular flexibility index (Phi) is 7.59. The summed E-state index contributed by atoms with van der Waals surface area (Å²) in [5.74, 6) is -0.779. The van der Waals surface area contributed by atoms with E-state index in [1.165, 1.54) is 12.2 Å². The number of allylic oxidation sites excluding steroid dienone is 6. The quantitative estimate of drug-likeness (QED) is 0.420. The smallest absolute Gasteiger partial charge is 0.224 e. The molecule has 41 heavy (non-hydrogen) atoms. The first kappa shape index (κ1) is 29.5. The van der Waals surface area contributed by atoms with Crippen molar-refractivity contribution in [2.45, 2.75) is 76.1 Å². The van der Waals surface area contributed by atoms with E-state index in [-0.39, 0.29) is 57.9 Å². The second-order valence-electron chi connectivity index (χ2n) is 13.2. The molecule has 1 N–H and O–H groups in total. The van der Waals surface area contributed by atoms with E-state index in [0.717, 1.165) is 23.8 Å². The van der Waals surface area contributed by atoms with Gasteiger partial charge in [0.2, 0.25) is 5.12 Å². The lowest BCUT2D eigenvalue weighted by molar-refractivity contribution is -0.244. The van der Waals surface area contributed by atoms with Crippen LogP contribution >= 0.6 is 23.4 Å². The number of rotatable bonds is 6. The van der Waals surface area contributed by atoms with Crippen LogP contribution in [0.15, 0.2) is 47.6 Å². The number of nitrogens with zero attached hydrogens (tertiary/aromatic N) is 1. The molecule has 6 aliphatic rings. The molecule has 222 valence electrons. The summed E-state index contributed by atoms with van der Waals surface area (Å²) >= 11 is 7.25. The van der Waals surface area contributed by atoms with Gasteiger partial charge in [-0.05, 0) is 60.8 Å². The average Bonchev–Trinajstić information content (AvgIpc) is 3.41. The van der Waals surface area contributed by atoms with Crippen molar-refractivity contribution in [3.63, 3.8) is 0 Å². The number of fused-ring (bicyclic) bond motifs is 7. The molecule has 1 aliphatic heterocycles. The molecule has 9 heteroatoms. The van der Waals surface area contributed by atoms with Crippen molar-refractivity contribution in [1.29, 1.82) is 0 Å². The van der Waals surface area contributed by atoms with E-state index in [4.69, 9.17) is 16.4 Å². The summed E-state index contributed by atoms with van der Waals surface area (Å²) in [6.07, 6.45) is 11.0. The largest absolute Gasteiger partial charge is 0.393 e. The van der Waals surface area contributed by atoms with E-state index in [1.54, 1.807) is 13.0 Å². The molecule has 0 bridgehead atoms. The summed E-state index contributed by atoms with van der Waals surface area (Å²) in [4.78, 5) is 45.4. The van der Waals surface area contributed by atoms with Gasteiger partial charge in [0.1, 0.15) is 12.0 Å². The van der Waals surface area contributed by atoms with Crippen LogP contribution in [0.1, 0.15) is 52.9 Å². The van der Waals surface area contributed by atoms with Crippen molar-refractivity contribution in [3.8, 4) is 0 Å². The number of thioether (sulfide) groups is 1. The van der Waals surface area contributed by atoms with Crippen molar-refractivity contribution in [2.24, 2.45) is 34.5 Å². The molecule has 0 radical (unpaired) electrons. The molecule has 0 aromatic carbocycles. The van der Waals surface area contributed by atoms with Crippen LogP contribution in [0.3, 0.4) is 0 Å². The zero-order chi connectivity index (χ0) is 29.3. The maximum atomic E-state index is 15.9. The first-order valence-electron chi connectivity index (χ1n) is 14.8. The first-order chi connectivity index (χ1) is 19.4. The second-order valence-corrected chi connectivity index (χ2v) is 14.8. The minimum absolute atomic E-state index is 0.00106. The standard InChI is InChI=1S/C32H39ClFNO5S/c1-4-21(36)17-41-29(39)32-19(16-35(40-32)15-18-5-7-20(33)8-6-18)11-24-23-13-26(34)25-12-22(37)9-10-30(25,2)28(23)27(38)14-31(24,32)3/h5-7,9-10,12,19-20,23-24,26-28,38H,4,8,11,13-17H2,1-3H3/t19-,20?,23?,24?,26-,27?,28?,30?,31?,32-/m0/s1. The Morgan fingerprint density at radius 2 is 2.05 bits per heavy atom. The fourth-order valence-corrected chi connectivity index (χ4v) is 10.5. The summed E-state index contributed by atoms with van der Waals surface area (Å²) in [5.41, 5.74) is -1.21. The molecule has 0 aromatic rings. The van der Waals surface area contributed by atoms with Gasteiger partial charge in [0, 0.05) is 42.2 Å². The van der Waals surface area contributed by atoms with E-state index in [9.17, 15) is 19.5 Å². The Bertz CT molecular complexity index is 1280. The number of Topliss-reactive ketones (excluding diaryl/α,β-unsaturated/α-hetero) is 1. The number of hydrogen-bond acceptors (Lipinski definition) is 7. The van der Waals surface area contributed by atoms with Gasteiger partial charge in [0.25, 0.3) is 0 Å². The number of halogens is 2.